The monoisotopic (exact) mass is 510 g/mol. The van der Waals surface area contributed by atoms with E-state index in [4.69, 9.17) is 19.6 Å². The summed E-state index contributed by atoms with van der Waals surface area (Å²) < 4.78 is 51.5. The number of rotatable bonds is 10. The molecule has 0 heterocycles. The Balaban J connectivity index is 2.57. The molecule has 0 radical (unpaired) electrons. The molecule has 5 N–H and O–H groups in total. The molecule has 0 bridgehead atoms. The van der Waals surface area contributed by atoms with E-state index in [-0.39, 0.29) is 39.2 Å². The van der Waals surface area contributed by atoms with Gasteiger partial charge in [-0.15, -0.1) is 9.45 Å². The first-order valence-corrected chi connectivity index (χ1v) is 11.8. The van der Waals surface area contributed by atoms with E-state index in [2.05, 4.69) is 24.1 Å². The van der Waals surface area contributed by atoms with Crippen molar-refractivity contribution in [3.8, 4) is 5.75 Å². The Hall–Kier alpha value is -2.24. The van der Waals surface area contributed by atoms with Crippen LogP contribution in [0.25, 0.3) is 0 Å². The smallest absolute Gasteiger partial charge is 0.469 e. The third-order valence-electron chi connectivity index (χ3n) is 3.76. The van der Waals surface area contributed by atoms with Crippen molar-refractivity contribution >= 4 is 47.6 Å². The van der Waals surface area contributed by atoms with Gasteiger partial charge in [0, 0.05) is 5.56 Å². The lowest BCUT2D eigenvalue weighted by molar-refractivity contribution is -0.432. The topological polar surface area (TPSA) is 222 Å². The van der Waals surface area contributed by atoms with Crippen molar-refractivity contribution < 1.29 is 56.4 Å². The Morgan fingerprint density at radius 3 is 2.41 bits per heavy atom. The fourth-order valence-electron chi connectivity index (χ4n) is 2.33. The molecule has 0 atom stereocenters. The van der Waals surface area contributed by atoms with Gasteiger partial charge in [0.25, 0.3) is 10.1 Å². The van der Waals surface area contributed by atoms with Crippen molar-refractivity contribution in [2.45, 2.75) is 23.3 Å². The number of nitrogens with zero attached hydrogens (tertiary/aromatic N) is 2. The minimum Gasteiger partial charge on any atom is -0.507 e. The molecule has 17 heteroatoms. The van der Waals surface area contributed by atoms with Crippen molar-refractivity contribution in [1.82, 2.24) is 0 Å². The van der Waals surface area contributed by atoms with Gasteiger partial charge in [0.1, 0.15) is 11.4 Å². The number of phosphoric ester groups is 1. The van der Waals surface area contributed by atoms with Gasteiger partial charge in [0.15, 0.2) is 6.29 Å². The number of azo groups is 1. The quantitative estimate of drug-likeness (QED) is 0.0590. The van der Waals surface area contributed by atoms with Crippen LogP contribution >= 0.6 is 19.9 Å². The number of carbonyl (C=O) groups is 1. The maximum atomic E-state index is 11.4. The minimum atomic E-state index is -4.94. The second-order valence-electron chi connectivity index (χ2n) is 5.87. The number of hydrogen-bond donors (Lipinski definition) is 5. The van der Waals surface area contributed by atoms with E-state index in [1.807, 2.05) is 0 Å². The third-order valence-corrected chi connectivity index (χ3v) is 5.71. The normalized spacial score (nSPS) is 12.4. The molecule has 0 saturated carbocycles. The van der Waals surface area contributed by atoms with Crippen LogP contribution in [0, 0.1) is 6.92 Å². The maximum absolute atomic E-state index is 11.4. The number of aldehydes is 1. The van der Waals surface area contributed by atoms with Crippen LogP contribution in [0.4, 0.5) is 11.4 Å². The van der Waals surface area contributed by atoms with E-state index in [9.17, 15) is 22.9 Å². The van der Waals surface area contributed by atoms with Crippen molar-refractivity contribution in [1.29, 1.82) is 0 Å². The van der Waals surface area contributed by atoms with Crippen LogP contribution in [-0.4, -0.2) is 39.4 Å². The molecule has 0 aliphatic heterocycles. The molecule has 0 aliphatic rings. The Morgan fingerprint density at radius 1 is 1.19 bits per heavy atom. The summed E-state index contributed by atoms with van der Waals surface area (Å²) in [6, 6.07) is 4.31. The largest absolute Gasteiger partial charge is 0.507 e. The van der Waals surface area contributed by atoms with Crippen LogP contribution in [0.1, 0.15) is 21.5 Å². The van der Waals surface area contributed by atoms with Gasteiger partial charge in [-0.2, -0.15) is 13.5 Å². The zero-order chi connectivity index (χ0) is 24.1. The van der Waals surface area contributed by atoms with Gasteiger partial charge in [0.2, 0.25) is 0 Å². The van der Waals surface area contributed by atoms with Crippen molar-refractivity contribution in [2.24, 2.45) is 10.2 Å². The summed E-state index contributed by atoms with van der Waals surface area (Å²) in [4.78, 5) is 28.7. The highest BCUT2D eigenvalue weighted by molar-refractivity contribution is 7.94. The number of phosphoric acid groups is 1. The predicted octanol–water partition coefficient (Wildman–Crippen LogP) is 3.21. The second kappa shape index (κ2) is 10.6. The molecule has 0 spiro atoms. The van der Waals surface area contributed by atoms with Crippen molar-refractivity contribution in [2.75, 3.05) is 0 Å². The molecule has 0 amide bonds. The van der Waals surface area contributed by atoms with Gasteiger partial charge in [-0.25, -0.2) is 9.82 Å². The fourth-order valence-corrected chi connectivity index (χ4v) is 3.69. The molecule has 0 aromatic heterocycles. The highest BCUT2D eigenvalue weighted by Crippen LogP contribution is 2.41. The molecule has 2 aromatic carbocycles. The minimum absolute atomic E-state index is 0.0558. The van der Waals surface area contributed by atoms with Crippen molar-refractivity contribution in [3.63, 3.8) is 0 Å². The number of aromatic hydroxyl groups is 1. The van der Waals surface area contributed by atoms with Crippen molar-refractivity contribution in [3.05, 3.63) is 41.0 Å². The summed E-state index contributed by atoms with van der Waals surface area (Å²) in [5, 5.41) is 29.6. The molecular weight excluding hydrogens is 495 g/mol. The highest BCUT2D eigenvalue weighted by Gasteiger charge is 2.21. The van der Waals surface area contributed by atoms with Gasteiger partial charge in [0.05, 0.1) is 39.7 Å². The van der Waals surface area contributed by atoms with Gasteiger partial charge in [-0.05, 0) is 36.8 Å². The van der Waals surface area contributed by atoms with E-state index in [0.717, 1.165) is 18.2 Å². The van der Waals surface area contributed by atoms with Crippen LogP contribution in [0.15, 0.2) is 44.3 Å². The number of phenols is 1. The number of benzene rings is 2. The average molecular weight is 510 g/mol. The Labute approximate surface area is 184 Å². The van der Waals surface area contributed by atoms with Gasteiger partial charge >= 0.3 is 7.82 Å². The lowest BCUT2D eigenvalue weighted by Crippen LogP contribution is -1.99. The van der Waals surface area contributed by atoms with E-state index >= 15 is 0 Å². The zero-order valence-corrected chi connectivity index (χ0v) is 18.4. The van der Waals surface area contributed by atoms with E-state index in [1.54, 1.807) is 0 Å². The van der Waals surface area contributed by atoms with E-state index in [1.165, 1.54) is 13.0 Å². The zero-order valence-electron chi connectivity index (χ0n) is 15.8. The summed E-state index contributed by atoms with van der Waals surface area (Å²) >= 11 is 0.318. The van der Waals surface area contributed by atoms with Crippen LogP contribution < -0.4 is 0 Å². The standard InChI is InChI=1S/C15H15N2O12PS2/c1-8-4-13(11(7-27-30(21,22)23)10(6-18)15(8)19)17-16-12-3-2-9(32(24,25)26)5-14(12)31-29-28-20/h2-6,19-20H,7H2,1H3,(H2,21,22,23)(H,24,25,26). The molecule has 2 aromatic rings. The highest BCUT2D eigenvalue weighted by atomic mass is 32.2. The Morgan fingerprint density at radius 2 is 1.84 bits per heavy atom. The van der Waals surface area contributed by atoms with E-state index < -0.39 is 35.2 Å². The lowest BCUT2D eigenvalue weighted by atomic mass is 10.0. The van der Waals surface area contributed by atoms with E-state index in [0.29, 0.717) is 12.0 Å². The molecule has 174 valence electrons. The summed E-state index contributed by atoms with van der Waals surface area (Å²) in [5.74, 6) is -0.453. The number of carbonyl (C=O) groups excluding carboxylic acids is 1. The molecule has 32 heavy (non-hydrogen) atoms. The molecule has 0 fully saturated rings. The summed E-state index contributed by atoms with van der Waals surface area (Å²) in [7, 11) is -9.52. The average Bonchev–Trinajstić information content (AvgIpc) is 2.70. The Kier molecular flexibility index (Phi) is 8.60. The first-order valence-electron chi connectivity index (χ1n) is 8.06. The molecule has 0 unspecified atom stereocenters. The molecular formula is C15H15N2O12PS2. The number of aryl methyl sites for hydroxylation is 1. The summed E-state index contributed by atoms with van der Waals surface area (Å²) in [6.45, 7) is 0.634. The molecule has 14 nitrogen and oxygen atoms in total. The summed E-state index contributed by atoms with van der Waals surface area (Å²) in [6.07, 6.45) is 0.244. The van der Waals surface area contributed by atoms with Crippen LogP contribution in [-0.2, 0) is 35.2 Å². The van der Waals surface area contributed by atoms with Crippen LogP contribution in [0.2, 0.25) is 0 Å². The van der Waals surface area contributed by atoms with Gasteiger partial charge < -0.3 is 14.9 Å². The van der Waals surface area contributed by atoms with Crippen LogP contribution in [0.5, 0.6) is 5.75 Å². The Bertz CT molecular complexity index is 1200. The van der Waals surface area contributed by atoms with Gasteiger partial charge in [-0.1, -0.05) is 5.04 Å². The number of phenolic OH excluding ortho intramolecular Hbond substituents is 1. The third kappa shape index (κ3) is 6.88. The van der Waals surface area contributed by atoms with Gasteiger partial charge in [-0.3, -0.25) is 13.9 Å². The molecule has 0 saturated heterocycles. The summed E-state index contributed by atoms with van der Waals surface area (Å²) in [5.41, 5.74) is -0.492. The predicted molar refractivity (Wildman–Crippen MR) is 106 cm³/mol. The second-order valence-corrected chi connectivity index (χ2v) is 9.27. The molecule has 0 aliphatic carbocycles. The SMILES string of the molecule is Cc1cc(N=Nc2ccc(S(=O)(=O)O)cc2SOOO)c(COP(=O)(O)O)c(C=O)c1O. The lowest BCUT2D eigenvalue weighted by Gasteiger charge is -2.13. The van der Waals surface area contributed by atoms with Crippen LogP contribution in [0.3, 0.4) is 0 Å². The first kappa shape index (κ1) is 26.0. The fraction of sp³-hybridized carbons (Fsp3) is 0.133. The maximum Gasteiger partial charge on any atom is 0.469 e. The number of hydrogen-bond acceptors (Lipinski definition) is 12. The molecule has 2 rings (SSSR count). The first-order chi connectivity index (χ1) is 14.9.